The number of fused-ring (bicyclic) bond motifs is 1. The predicted molar refractivity (Wildman–Crippen MR) is 72.7 cm³/mol. The summed E-state index contributed by atoms with van der Waals surface area (Å²) in [6.07, 6.45) is 4.95. The molecule has 8 heteroatoms. The molecule has 3 rings (SSSR count). The van der Waals surface area contributed by atoms with Gasteiger partial charge in [-0.1, -0.05) is 17.7 Å². The van der Waals surface area contributed by atoms with E-state index in [0.717, 1.165) is 10.9 Å². The summed E-state index contributed by atoms with van der Waals surface area (Å²) in [6.45, 7) is 1.84. The van der Waals surface area contributed by atoms with E-state index >= 15 is 0 Å². The second kappa shape index (κ2) is 5.76. The third kappa shape index (κ3) is 3.59. The van der Waals surface area contributed by atoms with Gasteiger partial charge in [0.05, 0.1) is 10.3 Å². The van der Waals surface area contributed by atoms with Crippen LogP contribution in [0.5, 0.6) is 0 Å². The van der Waals surface area contributed by atoms with Gasteiger partial charge in [0.15, 0.2) is 5.65 Å². The SMILES string of the molecule is Cc1ccc(S(=O)(=O)O)cc1.c1ncc2c[nH]nc2n1. The van der Waals surface area contributed by atoms with Crippen molar-refractivity contribution in [3.8, 4) is 0 Å². The number of hydrogen-bond acceptors (Lipinski definition) is 5. The van der Waals surface area contributed by atoms with Gasteiger partial charge in [0.25, 0.3) is 10.1 Å². The van der Waals surface area contributed by atoms with Crippen molar-refractivity contribution in [2.75, 3.05) is 0 Å². The number of rotatable bonds is 1. The zero-order valence-corrected chi connectivity index (χ0v) is 11.4. The van der Waals surface area contributed by atoms with Gasteiger partial charge >= 0.3 is 0 Å². The lowest BCUT2D eigenvalue weighted by molar-refractivity contribution is 0.483. The van der Waals surface area contributed by atoms with Crippen LogP contribution in [0.2, 0.25) is 0 Å². The molecule has 104 valence electrons. The summed E-state index contributed by atoms with van der Waals surface area (Å²) in [4.78, 5) is 7.64. The molecule has 1 aromatic carbocycles. The fraction of sp³-hybridized carbons (Fsp3) is 0.0833. The fourth-order valence-electron chi connectivity index (χ4n) is 1.40. The average molecular weight is 292 g/mol. The molecule has 0 atom stereocenters. The molecule has 20 heavy (non-hydrogen) atoms. The predicted octanol–water partition coefficient (Wildman–Crippen LogP) is 1.59. The van der Waals surface area contributed by atoms with Crippen molar-refractivity contribution in [2.24, 2.45) is 0 Å². The van der Waals surface area contributed by atoms with Gasteiger partial charge < -0.3 is 0 Å². The summed E-state index contributed by atoms with van der Waals surface area (Å²) < 4.78 is 29.6. The minimum Gasteiger partial charge on any atom is -0.283 e. The second-order valence-corrected chi connectivity index (χ2v) is 5.40. The number of aromatic amines is 1. The summed E-state index contributed by atoms with van der Waals surface area (Å²) >= 11 is 0. The summed E-state index contributed by atoms with van der Waals surface area (Å²) in [6, 6.07) is 5.99. The van der Waals surface area contributed by atoms with E-state index in [0.29, 0.717) is 5.65 Å². The van der Waals surface area contributed by atoms with Crippen LogP contribution in [0.25, 0.3) is 11.0 Å². The zero-order valence-electron chi connectivity index (χ0n) is 10.6. The van der Waals surface area contributed by atoms with Gasteiger partial charge in [-0.3, -0.25) is 9.65 Å². The Kier molecular flexibility index (Phi) is 4.06. The second-order valence-electron chi connectivity index (χ2n) is 3.98. The summed E-state index contributed by atoms with van der Waals surface area (Å²) in [5, 5.41) is 7.47. The van der Waals surface area contributed by atoms with Crippen LogP contribution in [0.3, 0.4) is 0 Å². The van der Waals surface area contributed by atoms with Crippen molar-refractivity contribution in [1.29, 1.82) is 0 Å². The van der Waals surface area contributed by atoms with Crippen LogP contribution in [0.15, 0.2) is 47.9 Å². The molecule has 2 aromatic heterocycles. The molecule has 0 amide bonds. The van der Waals surface area contributed by atoms with Gasteiger partial charge in [0.2, 0.25) is 0 Å². The number of hydrogen-bond donors (Lipinski definition) is 2. The maximum absolute atomic E-state index is 10.5. The topological polar surface area (TPSA) is 109 Å². The first-order chi connectivity index (χ1) is 9.47. The first-order valence-electron chi connectivity index (χ1n) is 5.60. The maximum Gasteiger partial charge on any atom is 0.294 e. The molecule has 0 aliphatic rings. The van der Waals surface area contributed by atoms with Crippen LogP contribution in [0.4, 0.5) is 0 Å². The standard InChI is InChI=1S/C7H8O3S.C5H4N4/c1-6-2-4-7(5-3-6)11(8,9)10;1-4-2-8-9-5(4)7-3-6-1/h2-5H,1H3,(H,8,9,10);1-3H,(H,6,7,8,9). The Morgan fingerprint density at radius 2 is 1.90 bits per heavy atom. The molecular formula is C12H12N4O3S. The van der Waals surface area contributed by atoms with Gasteiger partial charge in [-0.25, -0.2) is 9.97 Å². The number of aromatic nitrogens is 4. The number of nitrogens with one attached hydrogen (secondary N) is 1. The number of H-pyrrole nitrogens is 1. The normalized spacial score (nSPS) is 10.9. The minimum atomic E-state index is -4.02. The largest absolute Gasteiger partial charge is 0.294 e. The minimum absolute atomic E-state index is 0.0666. The molecule has 0 unspecified atom stereocenters. The first kappa shape index (κ1) is 14.1. The highest BCUT2D eigenvalue weighted by molar-refractivity contribution is 7.85. The first-order valence-corrected chi connectivity index (χ1v) is 7.04. The van der Waals surface area contributed by atoms with E-state index in [2.05, 4.69) is 20.2 Å². The molecule has 0 saturated heterocycles. The van der Waals surface area contributed by atoms with Gasteiger partial charge in [0.1, 0.15) is 6.33 Å². The average Bonchev–Trinajstić information content (AvgIpc) is 2.87. The molecule has 0 radical (unpaired) electrons. The Hall–Kier alpha value is -2.32. The molecule has 0 saturated carbocycles. The van der Waals surface area contributed by atoms with E-state index in [-0.39, 0.29) is 4.90 Å². The lowest BCUT2D eigenvalue weighted by Crippen LogP contribution is -1.96. The lowest BCUT2D eigenvalue weighted by atomic mass is 10.2. The van der Waals surface area contributed by atoms with E-state index in [4.69, 9.17) is 4.55 Å². The number of aryl methyl sites for hydroxylation is 1. The van der Waals surface area contributed by atoms with E-state index in [9.17, 15) is 8.42 Å². The van der Waals surface area contributed by atoms with E-state index in [1.54, 1.807) is 24.5 Å². The molecule has 0 aliphatic carbocycles. The van der Waals surface area contributed by atoms with Gasteiger partial charge in [-0.2, -0.15) is 13.5 Å². The van der Waals surface area contributed by atoms with Crippen LogP contribution >= 0.6 is 0 Å². The molecule has 0 aliphatic heterocycles. The Bertz CT molecular complexity index is 767. The fourth-order valence-corrected chi connectivity index (χ4v) is 1.88. The Labute approximate surface area is 115 Å². The molecule has 0 fully saturated rings. The van der Waals surface area contributed by atoms with E-state index in [1.807, 2.05) is 6.92 Å². The van der Waals surface area contributed by atoms with Crippen LogP contribution in [0.1, 0.15) is 5.56 Å². The highest BCUT2D eigenvalue weighted by Crippen LogP contribution is 2.08. The molecular weight excluding hydrogens is 280 g/mol. The quantitative estimate of drug-likeness (QED) is 0.659. The Morgan fingerprint density at radius 3 is 2.50 bits per heavy atom. The molecule has 2 heterocycles. The Balaban J connectivity index is 0.000000149. The van der Waals surface area contributed by atoms with Crippen molar-refractivity contribution in [3.05, 3.63) is 48.5 Å². The third-order valence-corrected chi connectivity index (χ3v) is 3.30. The van der Waals surface area contributed by atoms with Crippen molar-refractivity contribution in [1.82, 2.24) is 20.2 Å². The number of nitrogens with zero attached hydrogens (tertiary/aromatic N) is 3. The number of benzene rings is 1. The van der Waals surface area contributed by atoms with E-state index < -0.39 is 10.1 Å². The third-order valence-electron chi connectivity index (χ3n) is 2.43. The maximum atomic E-state index is 10.5. The van der Waals surface area contributed by atoms with Crippen LogP contribution in [-0.2, 0) is 10.1 Å². The van der Waals surface area contributed by atoms with E-state index in [1.165, 1.54) is 18.5 Å². The van der Waals surface area contributed by atoms with Crippen molar-refractivity contribution >= 4 is 21.2 Å². The highest BCUT2D eigenvalue weighted by atomic mass is 32.2. The van der Waals surface area contributed by atoms with Gasteiger partial charge in [0, 0.05) is 12.4 Å². The van der Waals surface area contributed by atoms with Crippen molar-refractivity contribution in [2.45, 2.75) is 11.8 Å². The Morgan fingerprint density at radius 1 is 1.20 bits per heavy atom. The van der Waals surface area contributed by atoms with Gasteiger partial charge in [-0.15, -0.1) is 0 Å². The molecule has 3 aromatic rings. The summed E-state index contributed by atoms with van der Waals surface area (Å²) in [7, 11) is -4.02. The highest BCUT2D eigenvalue weighted by Gasteiger charge is 2.06. The smallest absolute Gasteiger partial charge is 0.283 e. The van der Waals surface area contributed by atoms with Crippen molar-refractivity contribution in [3.63, 3.8) is 0 Å². The monoisotopic (exact) mass is 292 g/mol. The zero-order chi connectivity index (χ0) is 14.6. The van der Waals surface area contributed by atoms with Crippen LogP contribution < -0.4 is 0 Å². The van der Waals surface area contributed by atoms with Gasteiger partial charge in [-0.05, 0) is 19.1 Å². The molecule has 0 bridgehead atoms. The molecule has 7 nitrogen and oxygen atoms in total. The molecule has 0 spiro atoms. The molecule has 2 N–H and O–H groups in total. The van der Waals surface area contributed by atoms with Crippen LogP contribution in [0, 0.1) is 6.92 Å². The summed E-state index contributed by atoms with van der Waals surface area (Å²) in [5.74, 6) is 0. The summed E-state index contributed by atoms with van der Waals surface area (Å²) in [5.41, 5.74) is 1.67. The lowest BCUT2D eigenvalue weighted by Gasteiger charge is -1.95. The van der Waals surface area contributed by atoms with Crippen LogP contribution in [-0.4, -0.2) is 33.1 Å². The van der Waals surface area contributed by atoms with Crippen molar-refractivity contribution < 1.29 is 13.0 Å².